The van der Waals surface area contributed by atoms with Crippen molar-refractivity contribution < 1.29 is 38.5 Å². The number of carboxylic acids is 1. The Morgan fingerprint density at radius 1 is 0.640 bits per heavy atom. The Morgan fingerprint density at radius 3 is 1.42 bits per heavy atom. The molecule has 4 aromatic rings. The van der Waals surface area contributed by atoms with Gasteiger partial charge in [0.05, 0.1) is 0 Å². The number of benzene rings is 4. The maximum absolute atomic E-state index is 13.0. The van der Waals surface area contributed by atoms with E-state index in [4.69, 9.17) is 14.2 Å². The highest BCUT2D eigenvalue weighted by Gasteiger charge is 2.32. The van der Waals surface area contributed by atoms with Crippen LogP contribution in [0.1, 0.15) is 34.1 Å². The lowest BCUT2D eigenvalue weighted by Crippen LogP contribution is -2.46. The number of aliphatic carboxylic acids is 1. The average Bonchev–Trinajstić information content (AvgIpc) is 3.63. The number of thioether (sulfide) groups is 1. The summed E-state index contributed by atoms with van der Waals surface area (Å²) in [6.45, 7) is 3.55. The SMILES string of the molecule is C=CCOC(=O)[C@H](CSC[C@@H](NC(=O)OCC1c2ccccc2-c2ccccc21)C(=O)O)NC(=O)OCC1c2ccccc2-c2ccccc21. The van der Waals surface area contributed by atoms with E-state index in [2.05, 4.69) is 17.2 Å². The van der Waals surface area contributed by atoms with Crippen LogP contribution in [-0.2, 0) is 23.8 Å². The van der Waals surface area contributed by atoms with E-state index >= 15 is 0 Å². The zero-order valence-electron chi connectivity index (χ0n) is 27.1. The number of alkyl carbamates (subject to hydrolysis) is 2. The number of carbonyl (C=O) groups excluding carboxylic acids is 3. The van der Waals surface area contributed by atoms with E-state index < -0.39 is 36.2 Å². The molecule has 0 spiro atoms. The summed E-state index contributed by atoms with van der Waals surface area (Å²) in [6.07, 6.45) is -0.299. The number of hydrogen-bond acceptors (Lipinski definition) is 8. The number of rotatable bonds is 14. The van der Waals surface area contributed by atoms with Crippen LogP contribution in [0.15, 0.2) is 110 Å². The molecular formula is C39H36N2O8S. The molecule has 3 N–H and O–H groups in total. The van der Waals surface area contributed by atoms with Crippen molar-refractivity contribution in [2.75, 3.05) is 31.3 Å². The van der Waals surface area contributed by atoms with E-state index in [1.54, 1.807) is 0 Å². The van der Waals surface area contributed by atoms with E-state index in [0.29, 0.717) is 0 Å². The van der Waals surface area contributed by atoms with Gasteiger partial charge >= 0.3 is 24.1 Å². The van der Waals surface area contributed by atoms with Crippen LogP contribution in [0.5, 0.6) is 0 Å². The summed E-state index contributed by atoms with van der Waals surface area (Å²) in [5.74, 6) is -2.53. The molecule has 6 rings (SSSR count). The third kappa shape index (κ3) is 7.52. The molecule has 2 amide bonds. The molecule has 11 heteroatoms. The van der Waals surface area contributed by atoms with Gasteiger partial charge in [0.25, 0.3) is 0 Å². The van der Waals surface area contributed by atoms with Crippen molar-refractivity contribution in [2.24, 2.45) is 0 Å². The van der Waals surface area contributed by atoms with Crippen LogP contribution < -0.4 is 10.6 Å². The minimum absolute atomic E-state index is 0.0284. The third-order valence-electron chi connectivity index (χ3n) is 8.77. The van der Waals surface area contributed by atoms with E-state index in [1.807, 2.05) is 97.1 Å². The highest BCUT2D eigenvalue weighted by atomic mass is 32.2. The van der Waals surface area contributed by atoms with Crippen molar-refractivity contribution in [3.05, 3.63) is 132 Å². The van der Waals surface area contributed by atoms with Gasteiger partial charge in [0.2, 0.25) is 0 Å². The summed E-state index contributed by atoms with van der Waals surface area (Å²) in [4.78, 5) is 50.6. The number of carbonyl (C=O) groups is 4. The monoisotopic (exact) mass is 692 g/mol. The Balaban J connectivity index is 1.02. The second-order valence-electron chi connectivity index (χ2n) is 11.8. The summed E-state index contributed by atoms with van der Waals surface area (Å²) < 4.78 is 16.3. The number of fused-ring (bicyclic) bond motifs is 6. The lowest BCUT2D eigenvalue weighted by atomic mass is 9.98. The van der Waals surface area contributed by atoms with Crippen molar-refractivity contribution >= 4 is 35.9 Å². The van der Waals surface area contributed by atoms with Crippen LogP contribution in [0, 0.1) is 0 Å². The number of ether oxygens (including phenoxy) is 3. The summed E-state index contributed by atoms with van der Waals surface area (Å²) >= 11 is 1.05. The maximum atomic E-state index is 13.0. The molecule has 2 aliphatic carbocycles. The molecule has 0 aliphatic heterocycles. The molecule has 4 aromatic carbocycles. The van der Waals surface area contributed by atoms with Crippen LogP contribution in [0.3, 0.4) is 0 Å². The van der Waals surface area contributed by atoms with Gasteiger partial charge < -0.3 is 30.0 Å². The molecule has 0 heterocycles. The molecule has 0 aromatic heterocycles. The molecule has 0 saturated carbocycles. The minimum atomic E-state index is -1.32. The van der Waals surface area contributed by atoms with E-state index in [-0.39, 0.29) is 43.2 Å². The molecule has 0 unspecified atom stereocenters. The standard InChI is InChI=1S/C39H36N2O8S/c1-2-19-47-37(44)35(41-39(46)49-21-33-30-17-9-5-13-26(30)27-14-6-10-18-31(27)33)23-50-22-34(36(42)43)40-38(45)48-20-32-28-15-7-3-11-24(28)25-12-4-8-16-29(25)32/h2-18,32-35H,1,19-23H2,(H,40,45)(H,41,46)(H,42,43)/t34-,35+/m1/s1. The van der Waals surface area contributed by atoms with Crippen molar-refractivity contribution in [1.82, 2.24) is 10.6 Å². The van der Waals surface area contributed by atoms with Crippen LogP contribution >= 0.6 is 11.8 Å². The van der Waals surface area contributed by atoms with Gasteiger partial charge in [-0.1, -0.05) is 110 Å². The van der Waals surface area contributed by atoms with E-state index in [0.717, 1.165) is 56.3 Å². The third-order valence-corrected chi connectivity index (χ3v) is 9.90. The van der Waals surface area contributed by atoms with Gasteiger partial charge in [-0.25, -0.2) is 19.2 Å². The maximum Gasteiger partial charge on any atom is 0.407 e. The van der Waals surface area contributed by atoms with Gasteiger partial charge in [-0.2, -0.15) is 11.8 Å². The summed E-state index contributed by atoms with van der Waals surface area (Å²) in [7, 11) is 0. The molecule has 0 saturated heterocycles. The number of carboxylic acid groups (broad SMARTS) is 1. The highest BCUT2D eigenvalue weighted by Crippen LogP contribution is 2.45. The molecule has 2 aliphatic rings. The summed E-state index contributed by atoms with van der Waals surface area (Å²) in [6, 6.07) is 29.2. The van der Waals surface area contributed by atoms with E-state index in [9.17, 15) is 24.3 Å². The topological polar surface area (TPSA) is 140 Å². The van der Waals surface area contributed by atoms with Gasteiger partial charge in [-0.3, -0.25) is 0 Å². The Hall–Kier alpha value is -5.55. The normalized spacial score (nSPS) is 13.8. The Labute approximate surface area is 293 Å². The van der Waals surface area contributed by atoms with Gasteiger partial charge in [-0.05, 0) is 44.5 Å². The van der Waals surface area contributed by atoms with Crippen molar-refractivity contribution in [1.29, 1.82) is 0 Å². The second kappa shape index (κ2) is 15.8. The highest BCUT2D eigenvalue weighted by molar-refractivity contribution is 7.99. The quantitative estimate of drug-likeness (QED) is 0.0784. The van der Waals surface area contributed by atoms with E-state index in [1.165, 1.54) is 6.08 Å². The van der Waals surface area contributed by atoms with Crippen molar-refractivity contribution in [2.45, 2.75) is 23.9 Å². The minimum Gasteiger partial charge on any atom is -0.480 e. The van der Waals surface area contributed by atoms with Crippen molar-refractivity contribution in [3.63, 3.8) is 0 Å². The van der Waals surface area contributed by atoms with Gasteiger partial charge in [0.1, 0.15) is 31.9 Å². The molecule has 0 radical (unpaired) electrons. The van der Waals surface area contributed by atoms with Crippen LogP contribution in [-0.4, -0.2) is 72.6 Å². The van der Waals surface area contributed by atoms with Crippen LogP contribution in [0.4, 0.5) is 9.59 Å². The summed E-state index contributed by atoms with van der Waals surface area (Å²) in [5, 5.41) is 14.8. The molecule has 0 bridgehead atoms. The second-order valence-corrected chi connectivity index (χ2v) is 12.9. The first-order valence-corrected chi connectivity index (χ1v) is 17.3. The molecule has 10 nitrogen and oxygen atoms in total. The first-order chi connectivity index (χ1) is 24.4. The number of hydrogen-bond donors (Lipinski definition) is 3. The Bertz CT molecular complexity index is 1820. The number of nitrogens with one attached hydrogen (secondary N) is 2. The lowest BCUT2D eigenvalue weighted by Gasteiger charge is -2.20. The Morgan fingerprint density at radius 2 is 1.02 bits per heavy atom. The number of amides is 2. The smallest absolute Gasteiger partial charge is 0.407 e. The zero-order valence-corrected chi connectivity index (χ0v) is 27.9. The molecular weight excluding hydrogens is 657 g/mol. The van der Waals surface area contributed by atoms with Crippen LogP contribution in [0.25, 0.3) is 22.3 Å². The fraction of sp³-hybridized carbons (Fsp3) is 0.231. The molecule has 256 valence electrons. The Kier molecular flexibility index (Phi) is 10.8. The predicted molar refractivity (Wildman–Crippen MR) is 190 cm³/mol. The summed E-state index contributed by atoms with van der Waals surface area (Å²) in [5.41, 5.74) is 8.47. The fourth-order valence-electron chi connectivity index (χ4n) is 6.45. The molecule has 50 heavy (non-hydrogen) atoms. The fourth-order valence-corrected chi connectivity index (χ4v) is 7.51. The average molecular weight is 693 g/mol. The predicted octanol–water partition coefficient (Wildman–Crippen LogP) is 6.35. The van der Waals surface area contributed by atoms with Gasteiger partial charge in [-0.15, -0.1) is 0 Å². The van der Waals surface area contributed by atoms with Crippen LogP contribution in [0.2, 0.25) is 0 Å². The first-order valence-electron chi connectivity index (χ1n) is 16.2. The molecule has 2 atom stereocenters. The largest absolute Gasteiger partial charge is 0.480 e. The zero-order chi connectivity index (χ0) is 35.0. The lowest BCUT2D eigenvalue weighted by molar-refractivity contribution is -0.144. The molecule has 0 fully saturated rings. The van der Waals surface area contributed by atoms with Crippen molar-refractivity contribution in [3.8, 4) is 22.3 Å². The van der Waals surface area contributed by atoms with Gasteiger partial charge in [0.15, 0.2) is 0 Å². The first kappa shape index (κ1) is 34.3. The van der Waals surface area contributed by atoms with Gasteiger partial charge in [0, 0.05) is 23.3 Å². The number of esters is 1.